The Bertz CT molecular complexity index is 538. The van der Waals surface area contributed by atoms with Gasteiger partial charge in [-0.3, -0.25) is 4.79 Å². The molecule has 1 rings (SSSR count). The van der Waals surface area contributed by atoms with E-state index < -0.39 is 6.09 Å². The van der Waals surface area contributed by atoms with Gasteiger partial charge < -0.3 is 20.1 Å². The van der Waals surface area contributed by atoms with Gasteiger partial charge in [0.15, 0.2) is 0 Å². The maximum Gasteiger partial charge on any atom is 0.412 e. The average Bonchev–Trinajstić information content (AvgIpc) is 2.37. The van der Waals surface area contributed by atoms with Gasteiger partial charge in [-0.05, 0) is 32.9 Å². The summed E-state index contributed by atoms with van der Waals surface area (Å²) in [4.78, 5) is 23.2. The van der Waals surface area contributed by atoms with E-state index in [1.165, 1.54) is 13.2 Å². The second-order valence-corrected chi connectivity index (χ2v) is 4.66. The summed E-state index contributed by atoms with van der Waals surface area (Å²) in [6.45, 7) is 5.35. The van der Waals surface area contributed by atoms with Crippen molar-refractivity contribution < 1.29 is 19.1 Å². The maximum atomic E-state index is 11.7. The van der Waals surface area contributed by atoms with Crippen LogP contribution in [-0.4, -0.2) is 25.2 Å². The van der Waals surface area contributed by atoms with E-state index in [1.54, 1.807) is 31.2 Å². The molecule has 2 N–H and O–H groups in total. The number of carbonyl (C=O) groups is 2. The predicted octanol–water partition coefficient (Wildman–Crippen LogP) is 2.67. The number of hydrogen-bond acceptors (Lipinski definition) is 4. The van der Waals surface area contributed by atoms with Crippen LogP contribution in [0.5, 0.6) is 5.75 Å². The van der Waals surface area contributed by atoms with Crippen LogP contribution in [0.1, 0.15) is 20.8 Å². The van der Waals surface area contributed by atoms with E-state index >= 15 is 0 Å². The molecule has 0 bridgehead atoms. The summed E-state index contributed by atoms with van der Waals surface area (Å²) in [5.74, 6) is 0.521. The quantitative estimate of drug-likeness (QED) is 0.646. The highest BCUT2D eigenvalue weighted by atomic mass is 16.6. The van der Waals surface area contributed by atoms with Gasteiger partial charge in [0.2, 0.25) is 0 Å². The van der Waals surface area contributed by atoms with Crippen LogP contribution in [0.15, 0.2) is 36.1 Å². The van der Waals surface area contributed by atoms with Crippen LogP contribution < -0.4 is 15.4 Å². The Kier molecular flexibility index (Phi) is 6.26. The Morgan fingerprint density at radius 3 is 2.62 bits per heavy atom. The van der Waals surface area contributed by atoms with Gasteiger partial charge >= 0.3 is 6.09 Å². The second-order valence-electron chi connectivity index (χ2n) is 4.66. The van der Waals surface area contributed by atoms with E-state index in [9.17, 15) is 9.59 Å². The van der Waals surface area contributed by atoms with Gasteiger partial charge in [0.1, 0.15) is 5.75 Å². The number of anilines is 1. The molecular formula is C15H20N2O4. The summed E-state index contributed by atoms with van der Waals surface area (Å²) in [7, 11) is 1.49. The number of benzene rings is 1. The van der Waals surface area contributed by atoms with Gasteiger partial charge in [-0.15, -0.1) is 0 Å². The molecule has 0 fully saturated rings. The number of methoxy groups -OCH3 is 1. The molecule has 1 aromatic carbocycles. The molecule has 0 saturated carbocycles. The minimum atomic E-state index is -0.538. The molecule has 0 radical (unpaired) electrons. The van der Waals surface area contributed by atoms with Crippen molar-refractivity contribution >= 4 is 17.7 Å². The second kappa shape index (κ2) is 7.94. The van der Waals surface area contributed by atoms with Crippen molar-refractivity contribution in [2.45, 2.75) is 26.8 Å². The smallest absolute Gasteiger partial charge is 0.412 e. The normalized spacial score (nSPS) is 11.0. The molecule has 6 nitrogen and oxygen atoms in total. The maximum absolute atomic E-state index is 11.7. The minimum Gasteiger partial charge on any atom is -0.501 e. The third-order valence-corrected chi connectivity index (χ3v) is 2.37. The monoisotopic (exact) mass is 292 g/mol. The molecule has 6 heteroatoms. The molecule has 0 aromatic heterocycles. The van der Waals surface area contributed by atoms with Crippen LogP contribution in [0.3, 0.4) is 0 Å². The van der Waals surface area contributed by atoms with Crippen LogP contribution in [0, 0.1) is 0 Å². The van der Waals surface area contributed by atoms with E-state index in [0.29, 0.717) is 17.2 Å². The molecule has 0 unspecified atom stereocenters. The van der Waals surface area contributed by atoms with Gasteiger partial charge in [0.25, 0.3) is 5.91 Å². The molecule has 0 saturated heterocycles. The van der Waals surface area contributed by atoms with Gasteiger partial charge in [-0.2, -0.15) is 0 Å². The number of ether oxygens (including phenoxy) is 2. The van der Waals surface area contributed by atoms with Crippen molar-refractivity contribution in [1.29, 1.82) is 0 Å². The highest BCUT2D eigenvalue weighted by Crippen LogP contribution is 2.17. The average molecular weight is 292 g/mol. The SMILES string of the molecule is CO/C(C)=C\C(=O)Nc1cccc(OC(=O)NC(C)C)c1. The summed E-state index contributed by atoms with van der Waals surface area (Å²) >= 11 is 0. The lowest BCUT2D eigenvalue weighted by molar-refractivity contribution is -0.112. The molecule has 114 valence electrons. The van der Waals surface area contributed by atoms with Gasteiger partial charge in [-0.1, -0.05) is 6.07 Å². The predicted molar refractivity (Wildman–Crippen MR) is 80.1 cm³/mol. The summed E-state index contributed by atoms with van der Waals surface area (Å²) in [5, 5.41) is 5.27. The molecule has 0 spiro atoms. The Labute approximate surface area is 124 Å². The highest BCUT2D eigenvalue weighted by molar-refractivity contribution is 5.99. The molecule has 0 aliphatic heterocycles. The van der Waals surface area contributed by atoms with Crippen LogP contribution in [0.2, 0.25) is 0 Å². The summed E-state index contributed by atoms with van der Waals surface area (Å²) in [5.41, 5.74) is 0.523. The first kappa shape index (κ1) is 16.6. The van der Waals surface area contributed by atoms with E-state index in [1.807, 2.05) is 13.8 Å². The summed E-state index contributed by atoms with van der Waals surface area (Å²) in [6, 6.07) is 6.56. The third kappa shape index (κ3) is 6.47. The largest absolute Gasteiger partial charge is 0.501 e. The number of nitrogens with one attached hydrogen (secondary N) is 2. The Morgan fingerprint density at radius 2 is 2.00 bits per heavy atom. The van der Waals surface area contributed by atoms with Gasteiger partial charge in [0.05, 0.1) is 12.9 Å². The van der Waals surface area contributed by atoms with E-state index in [-0.39, 0.29) is 11.9 Å². The van der Waals surface area contributed by atoms with Gasteiger partial charge in [0, 0.05) is 23.9 Å². The molecule has 0 aliphatic rings. The molecule has 0 aliphatic carbocycles. The molecule has 21 heavy (non-hydrogen) atoms. The van der Waals surface area contributed by atoms with Crippen LogP contribution in [-0.2, 0) is 9.53 Å². The minimum absolute atomic E-state index is 0.0115. The Balaban J connectivity index is 2.68. The van der Waals surface area contributed by atoms with E-state index in [0.717, 1.165) is 0 Å². The molecule has 0 heterocycles. The van der Waals surface area contributed by atoms with Crippen molar-refractivity contribution in [2.24, 2.45) is 0 Å². The lowest BCUT2D eigenvalue weighted by Gasteiger charge is -2.10. The Morgan fingerprint density at radius 1 is 1.29 bits per heavy atom. The first-order valence-electron chi connectivity index (χ1n) is 6.52. The van der Waals surface area contributed by atoms with Crippen LogP contribution >= 0.6 is 0 Å². The first-order valence-corrected chi connectivity index (χ1v) is 6.52. The molecule has 2 amide bonds. The number of carbonyl (C=O) groups excluding carboxylic acids is 2. The zero-order valence-corrected chi connectivity index (χ0v) is 12.6. The standard InChI is InChI=1S/C15H20N2O4/c1-10(2)16-15(19)21-13-7-5-6-12(9-13)17-14(18)8-11(3)20-4/h5-10H,1-4H3,(H,16,19)(H,17,18)/b11-8-. The van der Waals surface area contributed by atoms with Crippen molar-refractivity contribution in [2.75, 3.05) is 12.4 Å². The van der Waals surface area contributed by atoms with Gasteiger partial charge in [-0.25, -0.2) is 4.79 Å². The highest BCUT2D eigenvalue weighted by Gasteiger charge is 2.07. The van der Waals surface area contributed by atoms with Crippen molar-refractivity contribution in [3.63, 3.8) is 0 Å². The van der Waals surface area contributed by atoms with Crippen molar-refractivity contribution in [3.05, 3.63) is 36.1 Å². The zero-order chi connectivity index (χ0) is 15.8. The van der Waals surface area contributed by atoms with Crippen molar-refractivity contribution in [1.82, 2.24) is 5.32 Å². The van der Waals surface area contributed by atoms with E-state index in [2.05, 4.69) is 10.6 Å². The summed E-state index contributed by atoms with van der Waals surface area (Å²) in [6.07, 6.45) is 0.794. The third-order valence-electron chi connectivity index (χ3n) is 2.37. The number of hydrogen-bond donors (Lipinski definition) is 2. The lowest BCUT2D eigenvalue weighted by atomic mass is 10.3. The number of allylic oxidation sites excluding steroid dienone is 1. The van der Waals surface area contributed by atoms with Crippen LogP contribution in [0.4, 0.5) is 10.5 Å². The topological polar surface area (TPSA) is 76.7 Å². The fourth-order valence-electron chi connectivity index (χ4n) is 1.43. The van der Waals surface area contributed by atoms with Crippen LogP contribution in [0.25, 0.3) is 0 Å². The molecular weight excluding hydrogens is 272 g/mol. The fourth-order valence-corrected chi connectivity index (χ4v) is 1.43. The van der Waals surface area contributed by atoms with Crippen molar-refractivity contribution in [3.8, 4) is 5.75 Å². The summed E-state index contributed by atoms with van der Waals surface area (Å²) < 4.78 is 10.0. The first-order chi connectivity index (χ1) is 9.90. The number of amides is 2. The van der Waals surface area contributed by atoms with E-state index in [4.69, 9.17) is 9.47 Å². The zero-order valence-electron chi connectivity index (χ0n) is 12.6. The molecule has 0 atom stereocenters. The number of rotatable bonds is 5. The molecule has 1 aromatic rings. The fraction of sp³-hybridized carbons (Fsp3) is 0.333. The Hall–Kier alpha value is -2.50. The lowest BCUT2D eigenvalue weighted by Crippen LogP contribution is -2.32.